The lowest BCUT2D eigenvalue weighted by Crippen LogP contribution is -2.17. The summed E-state index contributed by atoms with van der Waals surface area (Å²) in [5.41, 5.74) is 2.50. The number of hydrogen-bond acceptors (Lipinski definition) is 2. The number of aryl methyl sites for hydroxylation is 1. The van der Waals surface area contributed by atoms with E-state index >= 15 is 0 Å². The highest BCUT2D eigenvalue weighted by Crippen LogP contribution is 2.26. The summed E-state index contributed by atoms with van der Waals surface area (Å²) in [4.78, 5) is 0. The van der Waals surface area contributed by atoms with Gasteiger partial charge < -0.3 is 10.1 Å². The molecule has 1 N–H and O–H groups in total. The number of halogens is 2. The third-order valence-electron chi connectivity index (χ3n) is 3.52. The Morgan fingerprint density at radius 2 is 1.90 bits per heavy atom. The summed E-state index contributed by atoms with van der Waals surface area (Å²) in [6.07, 6.45) is 2.01. The summed E-state index contributed by atoms with van der Waals surface area (Å²) in [5, 5.41) is 4.12. The van der Waals surface area contributed by atoms with Crippen LogP contribution in [0, 0.1) is 0 Å². The van der Waals surface area contributed by atoms with Crippen molar-refractivity contribution in [3.63, 3.8) is 0 Å². The first-order chi connectivity index (χ1) is 10.1. The molecule has 2 aromatic rings. The molecule has 2 rings (SSSR count). The molecule has 0 aliphatic rings. The zero-order chi connectivity index (χ0) is 15.2. The number of methoxy groups -OCH3 is 1. The summed E-state index contributed by atoms with van der Waals surface area (Å²) in [7, 11) is 3.66. The number of rotatable bonds is 6. The third-order valence-corrected chi connectivity index (χ3v) is 4.19. The van der Waals surface area contributed by atoms with Crippen LogP contribution in [0.4, 0.5) is 0 Å². The van der Waals surface area contributed by atoms with Gasteiger partial charge in [-0.1, -0.05) is 39.7 Å². The Hall–Kier alpha value is -1.03. The highest BCUT2D eigenvalue weighted by atomic mass is 79.9. The Balaban J connectivity index is 2.04. The van der Waals surface area contributed by atoms with E-state index < -0.39 is 0 Å². The van der Waals surface area contributed by atoms with Crippen LogP contribution in [0.25, 0.3) is 0 Å². The Kier molecular flexibility index (Phi) is 6.09. The molecule has 21 heavy (non-hydrogen) atoms. The molecule has 2 aromatic carbocycles. The largest absolute Gasteiger partial charge is 0.497 e. The second-order valence-electron chi connectivity index (χ2n) is 4.93. The molecule has 0 heterocycles. The van der Waals surface area contributed by atoms with Crippen molar-refractivity contribution in [1.82, 2.24) is 5.32 Å². The van der Waals surface area contributed by atoms with E-state index in [-0.39, 0.29) is 6.04 Å². The predicted molar refractivity (Wildman–Crippen MR) is 92.3 cm³/mol. The first-order valence-corrected chi connectivity index (χ1v) is 8.05. The lowest BCUT2D eigenvalue weighted by atomic mass is 9.99. The summed E-state index contributed by atoms with van der Waals surface area (Å²) >= 11 is 9.63. The van der Waals surface area contributed by atoms with Gasteiger partial charge in [0.05, 0.1) is 7.11 Å². The van der Waals surface area contributed by atoms with Crippen molar-refractivity contribution in [1.29, 1.82) is 0 Å². The van der Waals surface area contributed by atoms with Crippen molar-refractivity contribution in [3.8, 4) is 5.75 Å². The van der Waals surface area contributed by atoms with E-state index in [9.17, 15) is 0 Å². The average molecular weight is 369 g/mol. The van der Waals surface area contributed by atoms with Crippen LogP contribution in [0.2, 0.25) is 5.02 Å². The van der Waals surface area contributed by atoms with Gasteiger partial charge in [-0.25, -0.2) is 0 Å². The Bertz CT molecular complexity index is 566. The second kappa shape index (κ2) is 7.83. The van der Waals surface area contributed by atoms with Crippen LogP contribution in [0.5, 0.6) is 5.75 Å². The van der Waals surface area contributed by atoms with E-state index in [4.69, 9.17) is 16.3 Å². The van der Waals surface area contributed by atoms with Crippen LogP contribution in [-0.2, 0) is 6.42 Å². The molecule has 0 fully saturated rings. The Labute approximate surface area is 139 Å². The fourth-order valence-electron chi connectivity index (χ4n) is 2.36. The second-order valence-corrected chi connectivity index (χ2v) is 6.28. The molecule has 0 aliphatic heterocycles. The molecule has 0 spiro atoms. The molecular formula is C17H19BrClNO. The van der Waals surface area contributed by atoms with Crippen molar-refractivity contribution < 1.29 is 4.74 Å². The molecule has 0 saturated heterocycles. The predicted octanol–water partition coefficient (Wildman–Crippen LogP) is 5.00. The maximum Gasteiger partial charge on any atom is 0.118 e. The SMILES string of the molecule is CNC(CCc1ccc(OC)cc1)c1cc(Cl)cc(Br)c1. The molecule has 0 saturated carbocycles. The van der Waals surface area contributed by atoms with E-state index in [1.807, 2.05) is 31.3 Å². The van der Waals surface area contributed by atoms with Crippen LogP contribution in [0.15, 0.2) is 46.9 Å². The van der Waals surface area contributed by atoms with E-state index in [1.165, 1.54) is 11.1 Å². The van der Waals surface area contributed by atoms with Crippen LogP contribution in [0.1, 0.15) is 23.6 Å². The smallest absolute Gasteiger partial charge is 0.118 e. The van der Waals surface area contributed by atoms with Crippen molar-refractivity contribution in [2.24, 2.45) is 0 Å². The molecule has 0 radical (unpaired) electrons. The van der Waals surface area contributed by atoms with Crippen LogP contribution in [0.3, 0.4) is 0 Å². The zero-order valence-electron chi connectivity index (χ0n) is 12.2. The normalized spacial score (nSPS) is 12.2. The third kappa shape index (κ3) is 4.73. The van der Waals surface area contributed by atoms with Gasteiger partial charge in [0.2, 0.25) is 0 Å². The zero-order valence-corrected chi connectivity index (χ0v) is 14.5. The van der Waals surface area contributed by atoms with Gasteiger partial charge in [0.15, 0.2) is 0 Å². The van der Waals surface area contributed by atoms with Crippen molar-refractivity contribution >= 4 is 27.5 Å². The van der Waals surface area contributed by atoms with Gasteiger partial charge in [-0.3, -0.25) is 0 Å². The van der Waals surface area contributed by atoms with Crippen LogP contribution >= 0.6 is 27.5 Å². The van der Waals surface area contributed by atoms with Gasteiger partial charge >= 0.3 is 0 Å². The quantitative estimate of drug-likeness (QED) is 0.774. The van der Waals surface area contributed by atoms with Gasteiger partial charge in [0.25, 0.3) is 0 Å². The topological polar surface area (TPSA) is 21.3 Å². The number of benzene rings is 2. The molecule has 4 heteroatoms. The van der Waals surface area contributed by atoms with E-state index in [0.717, 1.165) is 28.1 Å². The van der Waals surface area contributed by atoms with Crippen LogP contribution < -0.4 is 10.1 Å². The van der Waals surface area contributed by atoms with Gasteiger partial charge in [-0.05, 0) is 61.3 Å². The van der Waals surface area contributed by atoms with Gasteiger partial charge in [0.1, 0.15) is 5.75 Å². The summed E-state index contributed by atoms with van der Waals surface area (Å²) in [6.45, 7) is 0. The fourth-order valence-corrected chi connectivity index (χ4v) is 3.24. The minimum Gasteiger partial charge on any atom is -0.497 e. The summed E-state index contributed by atoms with van der Waals surface area (Å²) in [5.74, 6) is 0.891. The molecule has 0 aromatic heterocycles. The maximum atomic E-state index is 6.13. The fraction of sp³-hybridized carbons (Fsp3) is 0.294. The monoisotopic (exact) mass is 367 g/mol. The van der Waals surface area contributed by atoms with E-state index in [0.29, 0.717) is 0 Å². The maximum absolute atomic E-state index is 6.13. The molecule has 2 nitrogen and oxygen atoms in total. The highest BCUT2D eigenvalue weighted by Gasteiger charge is 2.11. The number of hydrogen-bond donors (Lipinski definition) is 1. The lowest BCUT2D eigenvalue weighted by molar-refractivity contribution is 0.414. The van der Waals surface area contributed by atoms with Crippen molar-refractivity contribution in [2.75, 3.05) is 14.2 Å². The van der Waals surface area contributed by atoms with Crippen molar-refractivity contribution in [3.05, 3.63) is 63.1 Å². The average Bonchev–Trinajstić information content (AvgIpc) is 2.47. The molecule has 1 unspecified atom stereocenters. The van der Waals surface area contributed by atoms with Gasteiger partial charge in [0, 0.05) is 15.5 Å². The standard InChI is InChI=1S/C17H19BrClNO/c1-20-17(13-9-14(18)11-15(19)10-13)8-5-12-3-6-16(21-2)7-4-12/h3-4,6-7,9-11,17,20H,5,8H2,1-2H3. The highest BCUT2D eigenvalue weighted by molar-refractivity contribution is 9.10. The molecule has 0 aliphatic carbocycles. The Morgan fingerprint density at radius 1 is 1.19 bits per heavy atom. The lowest BCUT2D eigenvalue weighted by Gasteiger charge is -2.17. The summed E-state index contributed by atoms with van der Waals surface area (Å²) < 4.78 is 6.19. The molecule has 0 bridgehead atoms. The van der Waals surface area contributed by atoms with Crippen LogP contribution in [-0.4, -0.2) is 14.2 Å². The van der Waals surface area contributed by atoms with Gasteiger partial charge in [-0.15, -0.1) is 0 Å². The minimum atomic E-state index is 0.280. The molecule has 0 amide bonds. The molecule has 112 valence electrons. The first-order valence-electron chi connectivity index (χ1n) is 6.88. The number of ether oxygens (including phenoxy) is 1. The van der Waals surface area contributed by atoms with E-state index in [2.05, 4.69) is 39.4 Å². The van der Waals surface area contributed by atoms with E-state index in [1.54, 1.807) is 7.11 Å². The minimum absolute atomic E-state index is 0.280. The van der Waals surface area contributed by atoms with Gasteiger partial charge in [-0.2, -0.15) is 0 Å². The first kappa shape index (κ1) is 16.3. The van der Waals surface area contributed by atoms with Crippen molar-refractivity contribution in [2.45, 2.75) is 18.9 Å². The Morgan fingerprint density at radius 3 is 2.48 bits per heavy atom. The number of nitrogens with one attached hydrogen (secondary N) is 1. The summed E-state index contributed by atoms with van der Waals surface area (Å²) in [6, 6.07) is 14.5. The molecular weight excluding hydrogens is 350 g/mol. The molecule has 1 atom stereocenters.